The van der Waals surface area contributed by atoms with Crippen LogP contribution >= 0.6 is 0 Å². The van der Waals surface area contributed by atoms with E-state index in [0.717, 1.165) is 41.6 Å². The van der Waals surface area contributed by atoms with Gasteiger partial charge in [-0.25, -0.2) is 9.18 Å². The number of hydrogen-bond donors (Lipinski definition) is 0. The molecule has 4 aliphatic rings. The standard InChI is InChI=1S/C24H23FN2O4/c1-12-13-5-4-6-14(15(13)7-8-19(12)25)17-10-27-20(21(17)26-2)9-16-18(23(27)28)11-31-24(29)22(16)30-3/h8-9,22H,2,4-7,10-11H2,1,3H3. The van der Waals surface area contributed by atoms with E-state index in [1.807, 2.05) is 6.92 Å². The zero-order valence-electron chi connectivity index (χ0n) is 17.6. The Bertz CT molecular complexity index is 1230. The quantitative estimate of drug-likeness (QED) is 0.544. The Hall–Kier alpha value is -3.06. The molecule has 31 heavy (non-hydrogen) atoms. The van der Waals surface area contributed by atoms with E-state index >= 15 is 0 Å². The van der Waals surface area contributed by atoms with Gasteiger partial charge in [0, 0.05) is 18.2 Å². The summed E-state index contributed by atoms with van der Waals surface area (Å²) in [6.45, 7) is 5.90. The van der Waals surface area contributed by atoms with Crippen LogP contribution in [0.3, 0.4) is 0 Å². The highest BCUT2D eigenvalue weighted by Gasteiger charge is 2.36. The molecule has 2 aliphatic heterocycles. The first-order chi connectivity index (χ1) is 15.0. The van der Waals surface area contributed by atoms with Gasteiger partial charge in [0.25, 0.3) is 5.56 Å². The Labute approximate surface area is 179 Å². The summed E-state index contributed by atoms with van der Waals surface area (Å²) in [4.78, 5) is 29.7. The van der Waals surface area contributed by atoms with Crippen molar-refractivity contribution in [2.75, 3.05) is 7.11 Å². The summed E-state index contributed by atoms with van der Waals surface area (Å²) in [5, 5.41) is 0. The van der Waals surface area contributed by atoms with Crippen molar-refractivity contribution >= 4 is 18.4 Å². The molecule has 1 aromatic rings. The molecule has 0 aromatic carbocycles. The highest BCUT2D eigenvalue weighted by Crippen LogP contribution is 2.45. The number of halogens is 1. The number of aliphatic imine (C=N–C) groups is 1. The molecule has 0 saturated heterocycles. The van der Waals surface area contributed by atoms with Crippen LogP contribution in [0.15, 0.2) is 55.6 Å². The molecule has 3 heterocycles. The molecular formula is C24H23FN2O4. The minimum Gasteiger partial charge on any atom is -0.458 e. The van der Waals surface area contributed by atoms with Crippen LogP contribution in [0.5, 0.6) is 0 Å². The Morgan fingerprint density at radius 1 is 1.23 bits per heavy atom. The molecule has 6 nitrogen and oxygen atoms in total. The Morgan fingerprint density at radius 3 is 2.74 bits per heavy atom. The second-order valence-corrected chi connectivity index (χ2v) is 8.23. The Balaban J connectivity index is 1.69. The molecule has 0 N–H and O–H groups in total. The molecule has 0 spiro atoms. The third kappa shape index (κ3) is 2.83. The first-order valence-electron chi connectivity index (χ1n) is 10.4. The number of rotatable bonds is 3. The van der Waals surface area contributed by atoms with E-state index in [2.05, 4.69) is 11.7 Å². The van der Waals surface area contributed by atoms with Gasteiger partial charge in [0.2, 0.25) is 0 Å². The normalized spacial score (nSPS) is 22.7. The van der Waals surface area contributed by atoms with Crippen LogP contribution in [-0.2, 0) is 27.4 Å². The number of nitrogens with zero attached hydrogens (tertiary/aromatic N) is 2. The van der Waals surface area contributed by atoms with Gasteiger partial charge in [0.05, 0.1) is 23.5 Å². The molecule has 1 aromatic heterocycles. The molecule has 1 atom stereocenters. The summed E-state index contributed by atoms with van der Waals surface area (Å²) < 4.78 is 26.3. The molecule has 0 bridgehead atoms. The van der Waals surface area contributed by atoms with Crippen LogP contribution in [-0.4, -0.2) is 24.4 Å². The summed E-state index contributed by atoms with van der Waals surface area (Å²) in [6.07, 6.45) is 3.85. The minimum atomic E-state index is -0.933. The molecule has 0 amide bonds. The minimum absolute atomic E-state index is 0.0660. The highest BCUT2D eigenvalue weighted by molar-refractivity contribution is 5.81. The number of allylic oxidation sites excluding steroid dienone is 7. The van der Waals surface area contributed by atoms with Crippen molar-refractivity contribution in [3.63, 3.8) is 0 Å². The molecule has 2 aliphatic carbocycles. The number of fused-ring (bicyclic) bond motifs is 3. The second-order valence-electron chi connectivity index (χ2n) is 8.23. The molecule has 0 fully saturated rings. The third-order valence-corrected chi connectivity index (χ3v) is 6.77. The molecular weight excluding hydrogens is 399 g/mol. The summed E-state index contributed by atoms with van der Waals surface area (Å²) in [6, 6.07) is 1.80. The monoisotopic (exact) mass is 422 g/mol. The maximum atomic E-state index is 14.2. The van der Waals surface area contributed by atoms with Crippen molar-refractivity contribution in [2.45, 2.75) is 51.9 Å². The first kappa shape index (κ1) is 19.9. The van der Waals surface area contributed by atoms with Crippen LogP contribution in [0.4, 0.5) is 4.39 Å². The fourth-order valence-electron chi connectivity index (χ4n) is 5.22. The van der Waals surface area contributed by atoms with Gasteiger partial charge in [-0.15, -0.1) is 0 Å². The number of methoxy groups -OCH3 is 1. The average molecular weight is 422 g/mol. The number of pyridine rings is 1. The number of aromatic nitrogens is 1. The molecule has 160 valence electrons. The maximum Gasteiger partial charge on any atom is 0.340 e. The lowest BCUT2D eigenvalue weighted by Crippen LogP contribution is -2.33. The summed E-state index contributed by atoms with van der Waals surface area (Å²) >= 11 is 0. The zero-order chi connectivity index (χ0) is 21.9. The highest BCUT2D eigenvalue weighted by atomic mass is 19.1. The number of carbonyl (C=O) groups excluding carboxylic acids is 1. The van der Waals surface area contributed by atoms with Crippen LogP contribution in [0.2, 0.25) is 0 Å². The molecule has 0 radical (unpaired) electrons. The van der Waals surface area contributed by atoms with Crippen molar-refractivity contribution < 1.29 is 18.7 Å². The lowest BCUT2D eigenvalue weighted by Gasteiger charge is -2.28. The summed E-state index contributed by atoms with van der Waals surface area (Å²) in [5.74, 6) is -0.655. The van der Waals surface area contributed by atoms with E-state index < -0.39 is 12.1 Å². The van der Waals surface area contributed by atoms with E-state index in [1.54, 1.807) is 16.7 Å². The molecule has 1 unspecified atom stereocenters. The maximum absolute atomic E-state index is 14.2. The van der Waals surface area contributed by atoms with E-state index in [-0.39, 0.29) is 18.0 Å². The molecule has 5 rings (SSSR count). The van der Waals surface area contributed by atoms with Gasteiger partial charge < -0.3 is 14.0 Å². The van der Waals surface area contributed by atoms with E-state index in [1.165, 1.54) is 7.11 Å². The van der Waals surface area contributed by atoms with Gasteiger partial charge in [0.15, 0.2) is 6.10 Å². The fourth-order valence-corrected chi connectivity index (χ4v) is 5.22. The fraction of sp³-hybridized carbons (Fsp3) is 0.375. The van der Waals surface area contributed by atoms with E-state index in [9.17, 15) is 14.0 Å². The van der Waals surface area contributed by atoms with Gasteiger partial charge in [-0.1, -0.05) is 0 Å². The van der Waals surface area contributed by atoms with Crippen molar-refractivity contribution in [1.29, 1.82) is 0 Å². The SMILES string of the molecule is C=NC1=C(C2=C3CC=C(F)C(C)=C3CCC2)Cn2c1cc1c(c2=O)COC(=O)C1OC. The first-order valence-corrected chi connectivity index (χ1v) is 10.4. The predicted molar refractivity (Wildman–Crippen MR) is 114 cm³/mol. The van der Waals surface area contributed by atoms with Crippen LogP contribution in [0.25, 0.3) is 5.70 Å². The van der Waals surface area contributed by atoms with Crippen molar-refractivity contribution in [1.82, 2.24) is 4.57 Å². The van der Waals surface area contributed by atoms with Gasteiger partial charge in [-0.05, 0) is 73.8 Å². The Kier molecular flexibility index (Phi) is 4.66. The Morgan fingerprint density at radius 2 is 2.00 bits per heavy atom. The lowest BCUT2D eigenvalue weighted by molar-refractivity contribution is -0.159. The van der Waals surface area contributed by atoms with Crippen LogP contribution in [0.1, 0.15) is 55.5 Å². The van der Waals surface area contributed by atoms with Crippen molar-refractivity contribution in [2.24, 2.45) is 4.99 Å². The van der Waals surface area contributed by atoms with Gasteiger partial charge in [0.1, 0.15) is 12.4 Å². The lowest BCUT2D eigenvalue weighted by atomic mass is 9.78. The van der Waals surface area contributed by atoms with E-state index in [4.69, 9.17) is 9.47 Å². The molecule has 7 heteroatoms. The summed E-state index contributed by atoms with van der Waals surface area (Å²) in [5.41, 5.74) is 7.01. The van der Waals surface area contributed by atoms with Gasteiger partial charge in [-0.2, -0.15) is 0 Å². The largest absolute Gasteiger partial charge is 0.458 e. The third-order valence-electron chi connectivity index (χ3n) is 6.77. The van der Waals surface area contributed by atoms with Crippen LogP contribution in [0, 0.1) is 0 Å². The predicted octanol–water partition coefficient (Wildman–Crippen LogP) is 4.07. The van der Waals surface area contributed by atoms with Crippen molar-refractivity contribution in [3.05, 3.63) is 73.0 Å². The van der Waals surface area contributed by atoms with Crippen LogP contribution < -0.4 is 5.56 Å². The number of hydrogen-bond acceptors (Lipinski definition) is 5. The zero-order valence-corrected chi connectivity index (χ0v) is 17.6. The number of cyclic esters (lactones) is 1. The number of ether oxygens (including phenoxy) is 2. The number of esters is 1. The smallest absolute Gasteiger partial charge is 0.340 e. The average Bonchev–Trinajstić information content (AvgIpc) is 3.14. The molecule has 0 saturated carbocycles. The second kappa shape index (κ2) is 7.27. The topological polar surface area (TPSA) is 69.9 Å². The number of carbonyl (C=O) groups is 1. The van der Waals surface area contributed by atoms with Crippen molar-refractivity contribution in [3.8, 4) is 0 Å². The summed E-state index contributed by atoms with van der Waals surface area (Å²) in [7, 11) is 1.42. The van der Waals surface area contributed by atoms with Gasteiger partial charge in [-0.3, -0.25) is 9.79 Å². The van der Waals surface area contributed by atoms with E-state index in [0.29, 0.717) is 41.1 Å². The van der Waals surface area contributed by atoms with Gasteiger partial charge >= 0.3 is 5.97 Å².